The van der Waals surface area contributed by atoms with Crippen molar-refractivity contribution in [2.45, 2.75) is 44.7 Å². The maximum atomic E-state index is 12.2. The Morgan fingerprint density at radius 3 is 2.55 bits per heavy atom. The summed E-state index contributed by atoms with van der Waals surface area (Å²) < 4.78 is 0. The Hall–Kier alpha value is -1.61. The van der Waals surface area contributed by atoms with Crippen molar-refractivity contribution in [1.82, 2.24) is 9.80 Å². The molecular weight excluding hydrogens is 280 g/mol. The van der Waals surface area contributed by atoms with E-state index in [0.29, 0.717) is 24.4 Å². The lowest BCUT2D eigenvalue weighted by Crippen LogP contribution is -2.91. The van der Waals surface area contributed by atoms with Crippen molar-refractivity contribution in [2.75, 3.05) is 26.2 Å². The average Bonchev–Trinajstić information content (AvgIpc) is 3.17. The van der Waals surface area contributed by atoms with Crippen molar-refractivity contribution in [3.05, 3.63) is 0 Å². The summed E-state index contributed by atoms with van der Waals surface area (Å²) in [6.07, 6.45) is 3.96. The molecule has 2 amide bonds. The Balaban J connectivity index is 1.44. The normalized spacial score (nSPS) is 33.8. The number of nitrogens with zero attached hydrogens (tertiary/aromatic N) is 3. The number of nitrogens with two attached hydrogens (primary N) is 1. The van der Waals surface area contributed by atoms with Crippen LogP contribution in [0.5, 0.6) is 0 Å². The molecule has 120 valence electrons. The molecule has 2 N–H and O–H groups in total. The number of carbonyl (C=O) groups is 2. The van der Waals surface area contributed by atoms with E-state index in [4.69, 9.17) is 5.26 Å². The highest BCUT2D eigenvalue weighted by molar-refractivity contribution is 5.78. The first-order valence-electron chi connectivity index (χ1n) is 8.36. The van der Waals surface area contributed by atoms with Crippen LogP contribution in [-0.2, 0) is 9.59 Å². The van der Waals surface area contributed by atoms with Gasteiger partial charge in [0.15, 0.2) is 6.54 Å². The molecule has 6 nitrogen and oxygen atoms in total. The Labute approximate surface area is 131 Å². The summed E-state index contributed by atoms with van der Waals surface area (Å²) in [6, 6.07) is 2.51. The van der Waals surface area contributed by atoms with Gasteiger partial charge in [0.2, 0.25) is 5.91 Å². The Morgan fingerprint density at radius 1 is 1.27 bits per heavy atom. The summed E-state index contributed by atoms with van der Waals surface area (Å²) in [5.74, 6) is 1.51. The molecule has 3 atom stereocenters. The van der Waals surface area contributed by atoms with Gasteiger partial charge in [-0.3, -0.25) is 9.59 Å². The topological polar surface area (TPSA) is 81.0 Å². The minimum atomic E-state index is -0.215. The highest BCUT2D eigenvalue weighted by Crippen LogP contribution is 2.36. The molecule has 0 aromatic rings. The highest BCUT2D eigenvalue weighted by atomic mass is 16.2. The second-order valence-corrected chi connectivity index (χ2v) is 6.99. The van der Waals surface area contributed by atoms with Crippen LogP contribution < -0.4 is 5.32 Å². The Kier molecular flexibility index (Phi) is 4.34. The average molecular weight is 305 g/mol. The molecule has 6 heteroatoms. The summed E-state index contributed by atoms with van der Waals surface area (Å²) in [5, 5.41) is 11.2. The van der Waals surface area contributed by atoms with Crippen LogP contribution in [0.1, 0.15) is 32.6 Å². The van der Waals surface area contributed by atoms with Crippen molar-refractivity contribution in [3.8, 4) is 6.07 Å². The van der Waals surface area contributed by atoms with Gasteiger partial charge in [0, 0.05) is 39.4 Å². The van der Waals surface area contributed by atoms with Crippen LogP contribution in [0.3, 0.4) is 0 Å². The van der Waals surface area contributed by atoms with E-state index < -0.39 is 0 Å². The lowest BCUT2D eigenvalue weighted by molar-refractivity contribution is -0.679. The number of rotatable bonds is 3. The van der Waals surface area contributed by atoms with Crippen molar-refractivity contribution in [2.24, 2.45) is 11.8 Å². The highest BCUT2D eigenvalue weighted by Gasteiger charge is 2.43. The van der Waals surface area contributed by atoms with E-state index in [0.717, 1.165) is 45.3 Å². The van der Waals surface area contributed by atoms with Gasteiger partial charge < -0.3 is 15.1 Å². The summed E-state index contributed by atoms with van der Waals surface area (Å²) >= 11 is 0. The third kappa shape index (κ3) is 2.95. The van der Waals surface area contributed by atoms with E-state index >= 15 is 0 Å². The zero-order chi connectivity index (χ0) is 15.7. The lowest BCUT2D eigenvalue weighted by Gasteiger charge is -2.20. The van der Waals surface area contributed by atoms with Gasteiger partial charge >= 0.3 is 0 Å². The van der Waals surface area contributed by atoms with Crippen molar-refractivity contribution in [3.63, 3.8) is 0 Å². The van der Waals surface area contributed by atoms with Crippen LogP contribution in [0, 0.1) is 23.2 Å². The Morgan fingerprint density at radius 2 is 1.95 bits per heavy atom. The van der Waals surface area contributed by atoms with Gasteiger partial charge in [-0.2, -0.15) is 5.26 Å². The number of likely N-dealkylation sites (tertiary alicyclic amines) is 2. The zero-order valence-corrected chi connectivity index (χ0v) is 13.2. The molecule has 2 saturated heterocycles. The van der Waals surface area contributed by atoms with Gasteiger partial charge in [0.1, 0.15) is 6.04 Å². The van der Waals surface area contributed by atoms with Crippen LogP contribution in [0.25, 0.3) is 0 Å². The molecule has 0 spiro atoms. The van der Waals surface area contributed by atoms with E-state index in [1.807, 2.05) is 4.90 Å². The summed E-state index contributed by atoms with van der Waals surface area (Å²) in [5.41, 5.74) is 0. The molecule has 0 aromatic carbocycles. The van der Waals surface area contributed by atoms with Crippen molar-refractivity contribution < 1.29 is 14.9 Å². The number of hydrogen-bond donors (Lipinski definition) is 1. The third-order valence-electron chi connectivity index (χ3n) is 5.58. The smallest absolute Gasteiger partial charge is 0.278 e. The van der Waals surface area contributed by atoms with Gasteiger partial charge in [-0.25, -0.2) is 0 Å². The predicted octanol–water partition coefficient (Wildman–Crippen LogP) is -0.679. The third-order valence-corrected chi connectivity index (χ3v) is 5.58. The fourth-order valence-corrected chi connectivity index (χ4v) is 4.38. The molecule has 22 heavy (non-hydrogen) atoms. The molecule has 1 aliphatic carbocycles. The molecule has 0 radical (unpaired) electrons. The number of nitriles is 1. The number of fused-ring (bicyclic) bond motifs is 1. The molecule has 0 aromatic heterocycles. The SMILES string of the molecule is CC(=O)N1CC2CC([NH2+]CC(=O)N3CCCC3C#N)CC2C1. The second kappa shape index (κ2) is 6.25. The molecule has 1 saturated carbocycles. The number of hydrogen-bond acceptors (Lipinski definition) is 3. The van der Waals surface area contributed by atoms with Crippen LogP contribution in [0.2, 0.25) is 0 Å². The van der Waals surface area contributed by atoms with Gasteiger partial charge in [-0.15, -0.1) is 0 Å². The first kappa shape index (κ1) is 15.3. The van der Waals surface area contributed by atoms with Crippen LogP contribution in [-0.4, -0.2) is 59.9 Å². The first-order chi connectivity index (χ1) is 10.6. The number of amides is 2. The van der Waals surface area contributed by atoms with Gasteiger partial charge in [-0.1, -0.05) is 0 Å². The molecule has 2 heterocycles. The predicted molar refractivity (Wildman–Crippen MR) is 79.4 cm³/mol. The molecular formula is C16H25N4O2+. The molecule has 0 bridgehead atoms. The van der Waals surface area contributed by atoms with Gasteiger partial charge in [0.05, 0.1) is 12.1 Å². The van der Waals surface area contributed by atoms with E-state index in [9.17, 15) is 9.59 Å². The second-order valence-electron chi connectivity index (χ2n) is 6.99. The number of quaternary nitrogens is 1. The fraction of sp³-hybridized carbons (Fsp3) is 0.812. The fourth-order valence-electron chi connectivity index (χ4n) is 4.38. The lowest BCUT2D eigenvalue weighted by atomic mass is 10.0. The monoisotopic (exact) mass is 305 g/mol. The molecule has 2 aliphatic heterocycles. The van der Waals surface area contributed by atoms with E-state index in [1.165, 1.54) is 0 Å². The molecule has 3 aliphatic rings. The molecule has 3 fully saturated rings. The standard InChI is InChI=1S/C16H24N4O2/c1-11(21)19-9-12-5-14(6-13(12)10-19)18-8-16(22)20-4-2-3-15(20)7-17/h12-15,18H,2-6,8-10H2,1H3/p+1. The summed E-state index contributed by atoms with van der Waals surface area (Å²) in [7, 11) is 0. The number of carbonyl (C=O) groups excluding carboxylic acids is 2. The van der Waals surface area contributed by atoms with Crippen molar-refractivity contribution >= 4 is 11.8 Å². The van der Waals surface area contributed by atoms with E-state index in [-0.39, 0.29) is 17.9 Å². The quantitative estimate of drug-likeness (QED) is 0.750. The first-order valence-corrected chi connectivity index (χ1v) is 8.36. The summed E-state index contributed by atoms with van der Waals surface area (Å²) in [6.45, 7) is 4.61. The Bertz CT molecular complexity index is 487. The summed E-state index contributed by atoms with van der Waals surface area (Å²) in [4.78, 5) is 27.4. The van der Waals surface area contributed by atoms with Crippen LogP contribution in [0.4, 0.5) is 0 Å². The maximum absolute atomic E-state index is 12.2. The van der Waals surface area contributed by atoms with Crippen LogP contribution in [0.15, 0.2) is 0 Å². The van der Waals surface area contributed by atoms with E-state index in [1.54, 1.807) is 11.8 Å². The molecule has 3 unspecified atom stereocenters. The minimum absolute atomic E-state index is 0.103. The van der Waals surface area contributed by atoms with Gasteiger partial charge in [0.25, 0.3) is 5.91 Å². The largest absolute Gasteiger partial charge is 0.342 e. The van der Waals surface area contributed by atoms with E-state index in [2.05, 4.69) is 11.4 Å². The van der Waals surface area contributed by atoms with Crippen molar-refractivity contribution in [1.29, 1.82) is 5.26 Å². The molecule has 3 rings (SSSR count). The maximum Gasteiger partial charge on any atom is 0.278 e. The minimum Gasteiger partial charge on any atom is -0.342 e. The van der Waals surface area contributed by atoms with Crippen LogP contribution >= 0.6 is 0 Å². The van der Waals surface area contributed by atoms with Gasteiger partial charge in [-0.05, 0) is 24.7 Å². The zero-order valence-electron chi connectivity index (χ0n) is 13.2.